The highest BCUT2D eigenvalue weighted by Crippen LogP contribution is 2.07. The number of nitrogens with zero attached hydrogens (tertiary/aromatic N) is 3. The molecule has 0 atom stereocenters. The van der Waals surface area contributed by atoms with Crippen LogP contribution in [-0.4, -0.2) is 25.8 Å². The molecule has 0 aliphatic heterocycles. The van der Waals surface area contributed by atoms with Crippen LogP contribution in [0.4, 0.5) is 0 Å². The van der Waals surface area contributed by atoms with E-state index in [1.165, 1.54) is 0 Å². The average Bonchev–Trinajstić information content (AvgIpc) is 2.65. The Morgan fingerprint density at radius 1 is 1.38 bits per heavy atom. The third-order valence-corrected chi connectivity index (χ3v) is 2.36. The van der Waals surface area contributed by atoms with E-state index in [4.69, 9.17) is 5.11 Å². The zero-order valence-corrected chi connectivity index (χ0v) is 8.79. The van der Waals surface area contributed by atoms with E-state index >= 15 is 0 Å². The lowest BCUT2D eigenvalue weighted by atomic mass is 10.1. The van der Waals surface area contributed by atoms with Crippen molar-refractivity contribution in [2.75, 3.05) is 0 Å². The van der Waals surface area contributed by atoms with E-state index < -0.39 is 5.97 Å². The summed E-state index contributed by atoms with van der Waals surface area (Å²) >= 11 is 0. The van der Waals surface area contributed by atoms with Crippen molar-refractivity contribution in [1.29, 1.82) is 0 Å². The SMILES string of the molecule is Cc1nncn1Cc1ccc(C(=O)O)cc1. The van der Waals surface area contributed by atoms with E-state index in [1.54, 1.807) is 30.6 Å². The van der Waals surface area contributed by atoms with E-state index in [0.717, 1.165) is 11.4 Å². The number of hydrogen-bond acceptors (Lipinski definition) is 3. The molecule has 1 aromatic heterocycles. The molecule has 0 spiro atoms. The predicted molar refractivity (Wildman–Crippen MR) is 57.3 cm³/mol. The number of aromatic carboxylic acids is 1. The van der Waals surface area contributed by atoms with Crippen molar-refractivity contribution in [2.45, 2.75) is 13.5 Å². The van der Waals surface area contributed by atoms with Crippen molar-refractivity contribution < 1.29 is 9.90 Å². The summed E-state index contributed by atoms with van der Waals surface area (Å²) in [5.41, 5.74) is 1.32. The van der Waals surface area contributed by atoms with Gasteiger partial charge >= 0.3 is 5.97 Å². The molecule has 2 rings (SSSR count). The summed E-state index contributed by atoms with van der Waals surface area (Å²) in [5, 5.41) is 16.4. The molecule has 1 aromatic carbocycles. The lowest BCUT2D eigenvalue weighted by Crippen LogP contribution is -2.02. The highest BCUT2D eigenvalue weighted by Gasteiger charge is 2.03. The van der Waals surface area contributed by atoms with Crippen LogP contribution in [0.25, 0.3) is 0 Å². The highest BCUT2D eigenvalue weighted by molar-refractivity contribution is 5.87. The van der Waals surface area contributed by atoms with Gasteiger partial charge in [0.2, 0.25) is 0 Å². The number of carboxylic acids is 1. The third kappa shape index (κ3) is 2.08. The molecule has 1 heterocycles. The Kier molecular flexibility index (Phi) is 2.68. The molecule has 2 aromatic rings. The minimum atomic E-state index is -0.910. The Labute approximate surface area is 92.4 Å². The van der Waals surface area contributed by atoms with Gasteiger partial charge in [0.05, 0.1) is 12.1 Å². The lowest BCUT2D eigenvalue weighted by Gasteiger charge is -2.04. The van der Waals surface area contributed by atoms with Crippen molar-refractivity contribution >= 4 is 5.97 Å². The summed E-state index contributed by atoms with van der Waals surface area (Å²) in [6.07, 6.45) is 1.65. The smallest absolute Gasteiger partial charge is 0.335 e. The van der Waals surface area contributed by atoms with Gasteiger partial charge in [-0.05, 0) is 24.6 Å². The molecule has 0 radical (unpaired) electrons. The molecule has 0 saturated carbocycles. The first kappa shape index (κ1) is 10.4. The topological polar surface area (TPSA) is 68.0 Å². The molecule has 5 nitrogen and oxygen atoms in total. The molecule has 0 fully saturated rings. The number of carbonyl (C=O) groups is 1. The second-order valence-corrected chi connectivity index (χ2v) is 3.51. The summed E-state index contributed by atoms with van der Waals surface area (Å²) in [4.78, 5) is 10.7. The quantitative estimate of drug-likeness (QED) is 0.842. The number of carboxylic acid groups (broad SMARTS) is 1. The van der Waals surface area contributed by atoms with Crippen LogP contribution >= 0.6 is 0 Å². The number of aromatic nitrogens is 3. The lowest BCUT2D eigenvalue weighted by molar-refractivity contribution is 0.0697. The van der Waals surface area contributed by atoms with Crippen LogP contribution in [0, 0.1) is 6.92 Å². The van der Waals surface area contributed by atoms with Gasteiger partial charge in [0.1, 0.15) is 12.2 Å². The summed E-state index contributed by atoms with van der Waals surface area (Å²) < 4.78 is 1.90. The van der Waals surface area contributed by atoms with Crippen LogP contribution in [0.15, 0.2) is 30.6 Å². The first-order chi connectivity index (χ1) is 7.66. The minimum absolute atomic E-state index is 0.296. The van der Waals surface area contributed by atoms with Crippen molar-refractivity contribution in [1.82, 2.24) is 14.8 Å². The van der Waals surface area contributed by atoms with Gasteiger partial charge in [0, 0.05) is 0 Å². The molecular weight excluding hydrogens is 206 g/mol. The third-order valence-electron chi connectivity index (χ3n) is 2.36. The molecule has 0 aliphatic rings. The van der Waals surface area contributed by atoms with Gasteiger partial charge < -0.3 is 9.67 Å². The van der Waals surface area contributed by atoms with E-state index in [1.807, 2.05) is 11.5 Å². The predicted octanol–water partition coefficient (Wildman–Crippen LogP) is 1.33. The fraction of sp³-hybridized carbons (Fsp3) is 0.182. The second kappa shape index (κ2) is 4.14. The van der Waals surface area contributed by atoms with Gasteiger partial charge in [-0.2, -0.15) is 0 Å². The van der Waals surface area contributed by atoms with Gasteiger partial charge in [-0.15, -0.1) is 10.2 Å². The number of aryl methyl sites for hydroxylation is 1. The Morgan fingerprint density at radius 2 is 2.06 bits per heavy atom. The fourth-order valence-electron chi connectivity index (χ4n) is 1.42. The minimum Gasteiger partial charge on any atom is -0.478 e. The maximum Gasteiger partial charge on any atom is 0.335 e. The molecule has 0 unspecified atom stereocenters. The average molecular weight is 217 g/mol. The van der Waals surface area contributed by atoms with Crippen LogP contribution in [0.1, 0.15) is 21.7 Å². The first-order valence-electron chi connectivity index (χ1n) is 4.83. The van der Waals surface area contributed by atoms with E-state index in [-0.39, 0.29) is 0 Å². The Hall–Kier alpha value is -2.17. The van der Waals surface area contributed by atoms with Crippen molar-refractivity contribution in [2.24, 2.45) is 0 Å². The molecule has 0 bridgehead atoms. The molecule has 0 aliphatic carbocycles. The van der Waals surface area contributed by atoms with Crippen LogP contribution in [0.3, 0.4) is 0 Å². The standard InChI is InChI=1S/C11H11N3O2/c1-8-13-12-7-14(8)6-9-2-4-10(5-3-9)11(15)16/h2-5,7H,6H2,1H3,(H,15,16). The maximum atomic E-state index is 10.7. The normalized spacial score (nSPS) is 10.3. The summed E-state index contributed by atoms with van der Waals surface area (Å²) in [5.74, 6) is -0.0747. The second-order valence-electron chi connectivity index (χ2n) is 3.51. The van der Waals surface area contributed by atoms with Crippen LogP contribution < -0.4 is 0 Å². The number of rotatable bonds is 3. The molecule has 16 heavy (non-hydrogen) atoms. The van der Waals surface area contributed by atoms with Crippen molar-refractivity contribution in [3.63, 3.8) is 0 Å². The van der Waals surface area contributed by atoms with Crippen LogP contribution in [0.2, 0.25) is 0 Å². The molecule has 5 heteroatoms. The number of benzene rings is 1. The van der Waals surface area contributed by atoms with Gasteiger partial charge in [-0.3, -0.25) is 0 Å². The zero-order valence-electron chi connectivity index (χ0n) is 8.79. The first-order valence-corrected chi connectivity index (χ1v) is 4.83. The molecular formula is C11H11N3O2. The molecule has 82 valence electrons. The van der Waals surface area contributed by atoms with Gasteiger partial charge in [-0.25, -0.2) is 4.79 Å². The van der Waals surface area contributed by atoms with Crippen LogP contribution in [-0.2, 0) is 6.54 Å². The van der Waals surface area contributed by atoms with Gasteiger partial charge in [-0.1, -0.05) is 12.1 Å². The Bertz CT molecular complexity index is 502. The summed E-state index contributed by atoms with van der Waals surface area (Å²) in [6, 6.07) is 6.78. The van der Waals surface area contributed by atoms with Crippen LogP contribution in [0.5, 0.6) is 0 Å². The summed E-state index contributed by atoms with van der Waals surface area (Å²) in [7, 11) is 0. The van der Waals surface area contributed by atoms with Gasteiger partial charge in [0.25, 0.3) is 0 Å². The van der Waals surface area contributed by atoms with E-state index in [9.17, 15) is 4.79 Å². The Morgan fingerprint density at radius 3 is 2.56 bits per heavy atom. The van der Waals surface area contributed by atoms with E-state index in [0.29, 0.717) is 12.1 Å². The highest BCUT2D eigenvalue weighted by atomic mass is 16.4. The molecule has 1 N–H and O–H groups in total. The van der Waals surface area contributed by atoms with Crippen molar-refractivity contribution in [3.05, 3.63) is 47.5 Å². The molecule has 0 amide bonds. The largest absolute Gasteiger partial charge is 0.478 e. The Balaban J connectivity index is 2.17. The summed E-state index contributed by atoms with van der Waals surface area (Å²) in [6.45, 7) is 2.53. The maximum absolute atomic E-state index is 10.7. The number of hydrogen-bond donors (Lipinski definition) is 1. The molecule has 0 saturated heterocycles. The monoisotopic (exact) mass is 217 g/mol. The zero-order chi connectivity index (χ0) is 11.5. The van der Waals surface area contributed by atoms with E-state index in [2.05, 4.69) is 10.2 Å². The van der Waals surface area contributed by atoms with Gasteiger partial charge in [0.15, 0.2) is 0 Å². The van der Waals surface area contributed by atoms with Crippen molar-refractivity contribution in [3.8, 4) is 0 Å². The fourth-order valence-corrected chi connectivity index (χ4v) is 1.42.